The van der Waals surface area contributed by atoms with Crippen LogP contribution < -0.4 is 10.6 Å². The molecule has 118 valence electrons. The van der Waals surface area contributed by atoms with Gasteiger partial charge in [0.05, 0.1) is 6.61 Å². The van der Waals surface area contributed by atoms with Gasteiger partial charge in [0.15, 0.2) is 10.9 Å². The Balaban J connectivity index is 2.77. The summed E-state index contributed by atoms with van der Waals surface area (Å²) in [5.74, 6) is 0.0506. The van der Waals surface area contributed by atoms with Crippen LogP contribution in [0.3, 0.4) is 0 Å². The number of aryl methyl sites for hydroxylation is 1. The molecule has 0 spiro atoms. The number of nitrogens with one attached hydrogen (secondary N) is 2. The molecule has 6 nitrogen and oxygen atoms in total. The summed E-state index contributed by atoms with van der Waals surface area (Å²) >= 11 is 5.21. The smallest absolute Gasteiger partial charge is 0.343 e. The minimum Gasteiger partial charge on any atom is -0.462 e. The van der Waals surface area contributed by atoms with Crippen LogP contribution in [0.2, 0.25) is 0 Å². The van der Waals surface area contributed by atoms with Gasteiger partial charge >= 0.3 is 5.97 Å². The summed E-state index contributed by atoms with van der Waals surface area (Å²) in [7, 11) is 0. The van der Waals surface area contributed by atoms with Gasteiger partial charge < -0.3 is 15.4 Å². The molecule has 0 amide bonds. The average molecular weight is 312 g/mol. The minimum absolute atomic E-state index is 0.330. The standard InChI is InChI=1S/C14H24N4O2S/c1-4-7-8-15-14(21)16-12-11(13(19)20-6-3)10-18(17-12)9-5-2/h10H,4-9H2,1-3H3,(H2,15,16,17,21). The zero-order valence-corrected chi connectivity index (χ0v) is 13.8. The van der Waals surface area contributed by atoms with Gasteiger partial charge in [0.25, 0.3) is 0 Å². The third kappa shape index (κ3) is 5.71. The Labute approximate surface area is 131 Å². The van der Waals surface area contributed by atoms with Crippen LogP contribution in [0.1, 0.15) is 50.4 Å². The number of anilines is 1. The molecule has 1 aromatic rings. The Hall–Kier alpha value is -1.63. The third-order valence-corrected chi connectivity index (χ3v) is 3.00. The Morgan fingerprint density at radius 1 is 1.38 bits per heavy atom. The molecule has 21 heavy (non-hydrogen) atoms. The number of hydrogen-bond acceptors (Lipinski definition) is 4. The molecule has 1 heterocycles. The van der Waals surface area contributed by atoms with Crippen molar-refractivity contribution < 1.29 is 9.53 Å². The molecule has 1 rings (SSSR count). The third-order valence-electron chi connectivity index (χ3n) is 2.76. The Kier molecular flexibility index (Phi) is 7.74. The first kappa shape index (κ1) is 17.4. The summed E-state index contributed by atoms with van der Waals surface area (Å²) in [6, 6.07) is 0. The van der Waals surface area contributed by atoms with E-state index in [4.69, 9.17) is 17.0 Å². The highest BCUT2D eigenvalue weighted by Gasteiger charge is 2.18. The number of esters is 1. The number of aromatic nitrogens is 2. The first-order valence-corrected chi connectivity index (χ1v) is 7.82. The van der Waals surface area contributed by atoms with Gasteiger partial charge in [-0.2, -0.15) is 5.10 Å². The van der Waals surface area contributed by atoms with E-state index in [0.29, 0.717) is 23.1 Å². The zero-order valence-electron chi connectivity index (χ0n) is 12.9. The van der Waals surface area contributed by atoms with Gasteiger partial charge in [0.2, 0.25) is 0 Å². The number of hydrogen-bond donors (Lipinski definition) is 2. The van der Waals surface area contributed by atoms with Crippen LogP contribution in [0.25, 0.3) is 0 Å². The molecule has 0 saturated carbocycles. The molecule has 0 aliphatic carbocycles. The molecule has 0 aromatic carbocycles. The molecule has 0 radical (unpaired) electrons. The van der Waals surface area contributed by atoms with Crippen LogP contribution in [-0.4, -0.2) is 34.0 Å². The van der Waals surface area contributed by atoms with Crippen molar-refractivity contribution in [3.8, 4) is 0 Å². The van der Waals surface area contributed by atoms with Gasteiger partial charge in [0, 0.05) is 19.3 Å². The van der Waals surface area contributed by atoms with Crippen molar-refractivity contribution in [2.45, 2.75) is 46.6 Å². The van der Waals surface area contributed by atoms with Gasteiger partial charge in [-0.05, 0) is 32.0 Å². The summed E-state index contributed by atoms with van der Waals surface area (Å²) in [4.78, 5) is 11.9. The SMILES string of the molecule is CCCCNC(=S)Nc1nn(CCC)cc1C(=O)OCC. The number of rotatable bonds is 8. The number of carbonyl (C=O) groups excluding carboxylic acids is 1. The van der Waals surface area contributed by atoms with E-state index in [0.717, 1.165) is 32.4 Å². The van der Waals surface area contributed by atoms with Crippen molar-refractivity contribution in [3.63, 3.8) is 0 Å². The van der Waals surface area contributed by atoms with E-state index in [1.54, 1.807) is 17.8 Å². The molecule has 0 saturated heterocycles. The molecule has 1 aromatic heterocycles. The normalized spacial score (nSPS) is 10.2. The summed E-state index contributed by atoms with van der Waals surface area (Å²) in [5, 5.41) is 10.9. The molecule has 0 aliphatic heterocycles. The van der Waals surface area contributed by atoms with Crippen molar-refractivity contribution in [1.29, 1.82) is 0 Å². The molecule has 0 atom stereocenters. The lowest BCUT2D eigenvalue weighted by molar-refractivity contribution is 0.0527. The lowest BCUT2D eigenvalue weighted by atomic mass is 10.3. The summed E-state index contributed by atoms with van der Waals surface area (Å²) in [5.41, 5.74) is 0.407. The molecular formula is C14H24N4O2S. The zero-order chi connectivity index (χ0) is 15.7. The number of thiocarbonyl (C=S) groups is 1. The number of nitrogens with zero attached hydrogens (tertiary/aromatic N) is 2. The molecule has 2 N–H and O–H groups in total. The molecule has 7 heteroatoms. The fraction of sp³-hybridized carbons (Fsp3) is 0.643. The highest BCUT2D eigenvalue weighted by atomic mass is 32.1. The molecule has 0 bridgehead atoms. The lowest BCUT2D eigenvalue weighted by Gasteiger charge is -2.09. The fourth-order valence-corrected chi connectivity index (χ4v) is 1.94. The van der Waals surface area contributed by atoms with Crippen molar-refractivity contribution in [2.75, 3.05) is 18.5 Å². The minimum atomic E-state index is -0.390. The van der Waals surface area contributed by atoms with Gasteiger partial charge in [-0.15, -0.1) is 0 Å². The van der Waals surface area contributed by atoms with Crippen molar-refractivity contribution in [2.24, 2.45) is 0 Å². The maximum absolute atomic E-state index is 11.9. The largest absolute Gasteiger partial charge is 0.462 e. The Morgan fingerprint density at radius 2 is 2.14 bits per heavy atom. The highest BCUT2D eigenvalue weighted by Crippen LogP contribution is 2.15. The summed E-state index contributed by atoms with van der Waals surface area (Å²) < 4.78 is 6.77. The van der Waals surface area contributed by atoms with E-state index in [1.165, 1.54) is 0 Å². The van der Waals surface area contributed by atoms with E-state index >= 15 is 0 Å². The van der Waals surface area contributed by atoms with E-state index in [-0.39, 0.29) is 0 Å². The van der Waals surface area contributed by atoms with E-state index in [2.05, 4.69) is 29.6 Å². The number of ether oxygens (including phenoxy) is 1. The fourth-order valence-electron chi connectivity index (χ4n) is 1.75. The van der Waals surface area contributed by atoms with Crippen LogP contribution in [0.5, 0.6) is 0 Å². The van der Waals surface area contributed by atoms with Gasteiger partial charge in [-0.25, -0.2) is 4.79 Å². The maximum atomic E-state index is 11.9. The van der Waals surface area contributed by atoms with Gasteiger partial charge in [-0.1, -0.05) is 20.3 Å². The number of unbranched alkanes of at least 4 members (excludes halogenated alkanes) is 1. The molecule has 0 unspecified atom stereocenters. The molecular weight excluding hydrogens is 288 g/mol. The van der Waals surface area contributed by atoms with E-state index in [9.17, 15) is 4.79 Å². The second-order valence-electron chi connectivity index (χ2n) is 4.61. The lowest BCUT2D eigenvalue weighted by Crippen LogP contribution is -2.30. The van der Waals surface area contributed by atoms with Crippen molar-refractivity contribution >= 4 is 29.1 Å². The predicted molar refractivity (Wildman–Crippen MR) is 87.6 cm³/mol. The second-order valence-corrected chi connectivity index (χ2v) is 5.02. The first-order valence-electron chi connectivity index (χ1n) is 7.41. The predicted octanol–water partition coefficient (Wildman–Crippen LogP) is 2.56. The molecule has 0 aliphatic rings. The van der Waals surface area contributed by atoms with Crippen LogP contribution in [0, 0.1) is 0 Å². The van der Waals surface area contributed by atoms with Crippen molar-refractivity contribution in [3.05, 3.63) is 11.8 Å². The first-order chi connectivity index (χ1) is 10.1. The average Bonchev–Trinajstić information content (AvgIpc) is 2.82. The Morgan fingerprint density at radius 3 is 2.76 bits per heavy atom. The second kappa shape index (κ2) is 9.33. The van der Waals surface area contributed by atoms with E-state index in [1.807, 2.05) is 0 Å². The topological polar surface area (TPSA) is 68.2 Å². The molecule has 0 fully saturated rings. The monoisotopic (exact) mass is 312 g/mol. The van der Waals surface area contributed by atoms with Crippen LogP contribution in [0.15, 0.2) is 6.20 Å². The van der Waals surface area contributed by atoms with Crippen LogP contribution in [0.4, 0.5) is 5.82 Å². The van der Waals surface area contributed by atoms with Gasteiger partial charge in [0.1, 0.15) is 5.56 Å². The Bertz CT molecular complexity index is 474. The highest BCUT2D eigenvalue weighted by molar-refractivity contribution is 7.80. The van der Waals surface area contributed by atoms with Crippen LogP contribution in [-0.2, 0) is 11.3 Å². The summed E-state index contributed by atoms with van der Waals surface area (Å²) in [6.07, 6.45) is 4.76. The van der Waals surface area contributed by atoms with Crippen LogP contribution >= 0.6 is 12.2 Å². The number of carbonyl (C=O) groups is 1. The van der Waals surface area contributed by atoms with Gasteiger partial charge in [-0.3, -0.25) is 4.68 Å². The van der Waals surface area contributed by atoms with E-state index < -0.39 is 5.97 Å². The maximum Gasteiger partial charge on any atom is 0.343 e. The summed E-state index contributed by atoms with van der Waals surface area (Å²) in [6.45, 7) is 7.81. The quantitative estimate of drug-likeness (QED) is 0.437. The van der Waals surface area contributed by atoms with Crippen molar-refractivity contribution in [1.82, 2.24) is 15.1 Å².